The fraction of sp³-hybridized carbons (Fsp3) is 0.211. The number of anilines is 2. The number of nitrogens with one attached hydrogen (secondary N) is 3. The number of hydrogen-bond donors (Lipinski definition) is 3. The lowest BCUT2D eigenvalue weighted by molar-refractivity contribution is -0.114. The van der Waals surface area contributed by atoms with Gasteiger partial charge in [-0.1, -0.05) is 18.2 Å². The lowest BCUT2D eigenvalue weighted by Crippen LogP contribution is -2.30. The van der Waals surface area contributed by atoms with Gasteiger partial charge in [-0.25, -0.2) is 0 Å². The van der Waals surface area contributed by atoms with Crippen molar-refractivity contribution in [3.63, 3.8) is 0 Å². The van der Waals surface area contributed by atoms with Gasteiger partial charge in [-0.3, -0.25) is 14.6 Å². The number of rotatable bonds is 4. The Hall–Kier alpha value is -3.15. The van der Waals surface area contributed by atoms with Gasteiger partial charge < -0.3 is 16.0 Å². The van der Waals surface area contributed by atoms with Crippen LogP contribution in [0.25, 0.3) is 0 Å². The molecule has 0 unspecified atom stereocenters. The van der Waals surface area contributed by atoms with Gasteiger partial charge in [0.05, 0.1) is 0 Å². The van der Waals surface area contributed by atoms with Crippen LogP contribution in [0, 0.1) is 0 Å². The van der Waals surface area contributed by atoms with Gasteiger partial charge in [0.15, 0.2) is 0 Å². The number of hydrogen-bond acceptors (Lipinski definition) is 4. The predicted molar refractivity (Wildman–Crippen MR) is 99.2 cm³/mol. The molecule has 3 rings (SSSR count). The van der Waals surface area contributed by atoms with E-state index in [9.17, 15) is 9.59 Å². The Kier molecular flexibility index (Phi) is 5.09. The van der Waals surface area contributed by atoms with Crippen molar-refractivity contribution in [2.75, 3.05) is 23.7 Å². The SMILES string of the molecule is CC(=O)Nc1cccc(C(=O)Nc2cccc(C3=NCCCN3)c2)c1. The average Bonchev–Trinajstić information content (AvgIpc) is 2.62. The second kappa shape index (κ2) is 7.61. The van der Waals surface area contributed by atoms with Gasteiger partial charge in [0.25, 0.3) is 5.91 Å². The first-order chi connectivity index (χ1) is 12.1. The van der Waals surface area contributed by atoms with Crippen molar-refractivity contribution in [3.05, 3.63) is 59.7 Å². The summed E-state index contributed by atoms with van der Waals surface area (Å²) in [7, 11) is 0. The van der Waals surface area contributed by atoms with E-state index in [1.54, 1.807) is 24.3 Å². The minimum Gasteiger partial charge on any atom is -0.370 e. The molecule has 1 aliphatic rings. The van der Waals surface area contributed by atoms with Gasteiger partial charge in [0.2, 0.25) is 5.91 Å². The number of amides is 2. The molecule has 2 aromatic carbocycles. The zero-order chi connectivity index (χ0) is 17.6. The standard InChI is InChI=1S/C19H20N4O2/c1-13(24)22-16-7-3-6-15(12-16)19(25)23-17-8-2-5-14(11-17)18-20-9-4-10-21-18/h2-3,5-8,11-12H,4,9-10H2,1H3,(H,20,21)(H,22,24)(H,23,25). The Labute approximate surface area is 146 Å². The van der Waals surface area contributed by atoms with Crippen LogP contribution in [0.15, 0.2) is 53.5 Å². The summed E-state index contributed by atoms with van der Waals surface area (Å²) in [5.41, 5.74) is 2.71. The summed E-state index contributed by atoms with van der Waals surface area (Å²) in [6.45, 7) is 3.15. The highest BCUT2D eigenvalue weighted by Gasteiger charge is 2.10. The topological polar surface area (TPSA) is 82.6 Å². The fourth-order valence-electron chi connectivity index (χ4n) is 2.61. The number of amidine groups is 1. The van der Waals surface area contributed by atoms with E-state index in [2.05, 4.69) is 20.9 Å². The van der Waals surface area contributed by atoms with Gasteiger partial charge in [-0.2, -0.15) is 0 Å². The Morgan fingerprint density at radius 1 is 1.04 bits per heavy atom. The van der Waals surface area contributed by atoms with Crippen molar-refractivity contribution in [1.29, 1.82) is 0 Å². The first-order valence-corrected chi connectivity index (χ1v) is 8.19. The summed E-state index contributed by atoms with van der Waals surface area (Å²) in [4.78, 5) is 28.1. The molecule has 25 heavy (non-hydrogen) atoms. The first-order valence-electron chi connectivity index (χ1n) is 8.19. The van der Waals surface area contributed by atoms with Crippen molar-refractivity contribution < 1.29 is 9.59 Å². The molecule has 0 radical (unpaired) electrons. The maximum atomic E-state index is 12.5. The minimum atomic E-state index is -0.233. The molecule has 0 saturated heterocycles. The molecule has 0 spiro atoms. The van der Waals surface area contributed by atoms with Crippen molar-refractivity contribution in [3.8, 4) is 0 Å². The molecule has 128 valence electrons. The Bertz CT molecular complexity index is 830. The third-order valence-electron chi connectivity index (χ3n) is 3.74. The third kappa shape index (κ3) is 4.44. The van der Waals surface area contributed by atoms with Crippen molar-refractivity contribution in [2.24, 2.45) is 4.99 Å². The summed E-state index contributed by atoms with van der Waals surface area (Å²) >= 11 is 0. The average molecular weight is 336 g/mol. The van der Waals surface area contributed by atoms with E-state index in [1.807, 2.05) is 24.3 Å². The highest BCUT2D eigenvalue weighted by Crippen LogP contribution is 2.16. The summed E-state index contributed by atoms with van der Waals surface area (Å²) in [6, 6.07) is 14.4. The highest BCUT2D eigenvalue weighted by molar-refractivity contribution is 6.06. The lowest BCUT2D eigenvalue weighted by Gasteiger charge is -2.15. The van der Waals surface area contributed by atoms with E-state index in [-0.39, 0.29) is 11.8 Å². The third-order valence-corrected chi connectivity index (χ3v) is 3.74. The molecule has 0 aromatic heterocycles. The first kappa shape index (κ1) is 16.7. The maximum absolute atomic E-state index is 12.5. The number of carbonyl (C=O) groups is 2. The molecule has 3 N–H and O–H groups in total. The van der Waals surface area contributed by atoms with Crippen LogP contribution in [0.2, 0.25) is 0 Å². The van der Waals surface area contributed by atoms with E-state index < -0.39 is 0 Å². The van der Waals surface area contributed by atoms with Crippen LogP contribution in [-0.4, -0.2) is 30.7 Å². The molecule has 1 aliphatic heterocycles. The largest absolute Gasteiger partial charge is 0.370 e. The van der Waals surface area contributed by atoms with E-state index >= 15 is 0 Å². The van der Waals surface area contributed by atoms with E-state index in [0.29, 0.717) is 16.9 Å². The van der Waals surface area contributed by atoms with Gasteiger partial charge in [-0.15, -0.1) is 0 Å². The van der Waals surface area contributed by atoms with E-state index in [0.717, 1.165) is 30.9 Å². The minimum absolute atomic E-state index is 0.175. The Morgan fingerprint density at radius 2 is 1.80 bits per heavy atom. The predicted octanol–water partition coefficient (Wildman–Crippen LogP) is 2.64. The van der Waals surface area contributed by atoms with Crippen LogP contribution in [-0.2, 0) is 4.79 Å². The molecular weight excluding hydrogens is 316 g/mol. The molecule has 2 aromatic rings. The molecule has 0 aliphatic carbocycles. The zero-order valence-electron chi connectivity index (χ0n) is 14.0. The van der Waals surface area contributed by atoms with Crippen LogP contribution < -0.4 is 16.0 Å². The summed E-state index contributed by atoms with van der Waals surface area (Å²) in [5, 5.41) is 8.83. The van der Waals surface area contributed by atoms with Crippen LogP contribution in [0.1, 0.15) is 29.3 Å². The van der Waals surface area contributed by atoms with Crippen molar-refractivity contribution in [1.82, 2.24) is 5.32 Å². The number of nitrogens with zero attached hydrogens (tertiary/aromatic N) is 1. The molecule has 1 heterocycles. The monoisotopic (exact) mass is 336 g/mol. The van der Waals surface area contributed by atoms with Gasteiger partial charge >= 0.3 is 0 Å². The molecule has 0 saturated carbocycles. The van der Waals surface area contributed by atoms with Crippen LogP contribution >= 0.6 is 0 Å². The molecule has 0 bridgehead atoms. The van der Waals surface area contributed by atoms with Crippen LogP contribution in [0.3, 0.4) is 0 Å². The number of aliphatic imine (C=N–C) groups is 1. The smallest absolute Gasteiger partial charge is 0.255 e. The molecule has 0 fully saturated rings. The quantitative estimate of drug-likeness (QED) is 0.803. The summed E-state index contributed by atoms with van der Waals surface area (Å²) < 4.78 is 0. The van der Waals surface area contributed by atoms with Crippen LogP contribution in [0.5, 0.6) is 0 Å². The van der Waals surface area contributed by atoms with Gasteiger partial charge in [0.1, 0.15) is 5.84 Å². The number of carbonyl (C=O) groups excluding carboxylic acids is 2. The Balaban J connectivity index is 1.75. The second-order valence-electron chi connectivity index (χ2n) is 5.81. The maximum Gasteiger partial charge on any atom is 0.255 e. The second-order valence-corrected chi connectivity index (χ2v) is 5.81. The molecule has 0 atom stereocenters. The highest BCUT2D eigenvalue weighted by atomic mass is 16.2. The zero-order valence-corrected chi connectivity index (χ0v) is 14.0. The summed E-state index contributed by atoms with van der Waals surface area (Å²) in [6.07, 6.45) is 1.03. The summed E-state index contributed by atoms with van der Waals surface area (Å²) in [5.74, 6) is 0.448. The van der Waals surface area contributed by atoms with Crippen molar-refractivity contribution in [2.45, 2.75) is 13.3 Å². The van der Waals surface area contributed by atoms with E-state index in [4.69, 9.17) is 0 Å². The van der Waals surface area contributed by atoms with Crippen molar-refractivity contribution >= 4 is 29.0 Å². The van der Waals surface area contributed by atoms with E-state index in [1.165, 1.54) is 6.92 Å². The molecule has 6 heteroatoms. The van der Waals surface area contributed by atoms with Crippen LogP contribution in [0.4, 0.5) is 11.4 Å². The molecular formula is C19H20N4O2. The van der Waals surface area contributed by atoms with Gasteiger partial charge in [-0.05, 0) is 36.8 Å². The lowest BCUT2D eigenvalue weighted by atomic mass is 10.1. The normalized spacial score (nSPS) is 13.4. The Morgan fingerprint density at radius 3 is 2.52 bits per heavy atom. The van der Waals surface area contributed by atoms with Gasteiger partial charge in [0, 0.05) is 42.5 Å². The fourth-order valence-corrected chi connectivity index (χ4v) is 2.61. The molecule has 6 nitrogen and oxygen atoms in total. The molecule has 2 amide bonds. The number of benzene rings is 2.